The van der Waals surface area contributed by atoms with Crippen LogP contribution < -0.4 is 5.32 Å². The molecule has 2 nitrogen and oxygen atoms in total. The number of likely N-dealkylation sites (N-methyl/N-ethyl adjacent to an activating group) is 1. The van der Waals surface area contributed by atoms with Crippen LogP contribution in [0.15, 0.2) is 18.2 Å². The Morgan fingerprint density at radius 1 is 1.22 bits per heavy atom. The molecule has 1 N–H and O–H groups in total. The van der Waals surface area contributed by atoms with E-state index in [4.69, 9.17) is 4.74 Å². The van der Waals surface area contributed by atoms with Gasteiger partial charge in [-0.15, -0.1) is 0 Å². The van der Waals surface area contributed by atoms with Gasteiger partial charge in [-0.2, -0.15) is 0 Å². The zero-order valence-corrected chi connectivity index (χ0v) is 12.6. The Hall–Kier alpha value is -0.860. The molecular formula is C16H27NO. The molecule has 1 aromatic rings. The van der Waals surface area contributed by atoms with Crippen molar-refractivity contribution in [2.75, 3.05) is 13.7 Å². The van der Waals surface area contributed by atoms with Crippen molar-refractivity contribution in [3.05, 3.63) is 34.9 Å². The minimum Gasteiger partial charge on any atom is -0.379 e. The van der Waals surface area contributed by atoms with Crippen molar-refractivity contribution in [2.45, 2.75) is 46.8 Å². The van der Waals surface area contributed by atoms with E-state index >= 15 is 0 Å². The minimum absolute atomic E-state index is 0.200. The van der Waals surface area contributed by atoms with Gasteiger partial charge in [0.1, 0.15) is 0 Å². The Balaban J connectivity index is 3.10. The number of aryl methyl sites for hydroxylation is 2. The Morgan fingerprint density at radius 3 is 2.33 bits per heavy atom. The van der Waals surface area contributed by atoms with Crippen molar-refractivity contribution in [1.29, 1.82) is 0 Å². The highest BCUT2D eigenvalue weighted by Gasteiger charge is 2.26. The Kier molecular flexibility index (Phi) is 5.83. The molecule has 0 spiro atoms. The Morgan fingerprint density at radius 2 is 1.89 bits per heavy atom. The molecule has 102 valence electrons. The van der Waals surface area contributed by atoms with Crippen LogP contribution in [0, 0.1) is 19.8 Å². The lowest BCUT2D eigenvalue weighted by Crippen LogP contribution is -2.37. The van der Waals surface area contributed by atoms with E-state index in [0.29, 0.717) is 5.92 Å². The molecule has 0 aliphatic carbocycles. The lowest BCUT2D eigenvalue weighted by Gasteiger charge is -2.31. The topological polar surface area (TPSA) is 21.3 Å². The second-order valence-electron chi connectivity index (χ2n) is 5.34. The first-order valence-corrected chi connectivity index (χ1v) is 6.84. The fraction of sp³-hybridized carbons (Fsp3) is 0.625. The molecule has 0 aliphatic rings. The molecule has 0 saturated carbocycles. The van der Waals surface area contributed by atoms with Crippen LogP contribution in [0.5, 0.6) is 0 Å². The quantitative estimate of drug-likeness (QED) is 0.831. The molecule has 0 radical (unpaired) electrons. The number of benzene rings is 1. The SMILES string of the molecule is CCNC(c1ccc(C)cc1C)C(OC)C(C)C. The summed E-state index contributed by atoms with van der Waals surface area (Å²) in [5.74, 6) is 0.486. The van der Waals surface area contributed by atoms with Crippen molar-refractivity contribution in [2.24, 2.45) is 5.92 Å². The molecule has 0 aliphatic heterocycles. The van der Waals surface area contributed by atoms with Crippen LogP contribution in [-0.4, -0.2) is 19.8 Å². The normalized spacial score (nSPS) is 14.8. The predicted molar refractivity (Wildman–Crippen MR) is 78.0 cm³/mol. The fourth-order valence-corrected chi connectivity index (χ4v) is 2.59. The molecule has 0 amide bonds. The van der Waals surface area contributed by atoms with Gasteiger partial charge in [0.05, 0.1) is 12.1 Å². The zero-order valence-electron chi connectivity index (χ0n) is 12.6. The maximum atomic E-state index is 5.70. The molecule has 0 fully saturated rings. The van der Waals surface area contributed by atoms with E-state index in [-0.39, 0.29) is 12.1 Å². The summed E-state index contributed by atoms with van der Waals surface area (Å²) < 4.78 is 5.70. The third kappa shape index (κ3) is 3.56. The van der Waals surface area contributed by atoms with E-state index in [1.165, 1.54) is 16.7 Å². The van der Waals surface area contributed by atoms with Gasteiger partial charge in [-0.3, -0.25) is 0 Å². The van der Waals surface area contributed by atoms with E-state index < -0.39 is 0 Å². The minimum atomic E-state index is 0.200. The third-order valence-corrected chi connectivity index (χ3v) is 3.44. The standard InChI is InChI=1S/C16H27NO/c1-7-17-15(16(18-6)11(2)3)14-9-8-12(4)10-13(14)5/h8-11,15-17H,7H2,1-6H3. The average Bonchev–Trinajstić information content (AvgIpc) is 2.28. The number of hydrogen-bond donors (Lipinski definition) is 1. The summed E-state index contributed by atoms with van der Waals surface area (Å²) in [5, 5.41) is 3.57. The Bertz CT molecular complexity index is 373. The first-order valence-electron chi connectivity index (χ1n) is 6.84. The molecule has 0 heterocycles. The van der Waals surface area contributed by atoms with Crippen molar-refractivity contribution in [1.82, 2.24) is 5.32 Å². The lowest BCUT2D eigenvalue weighted by molar-refractivity contribution is 0.0329. The van der Waals surface area contributed by atoms with E-state index in [1.54, 1.807) is 7.11 Å². The molecule has 18 heavy (non-hydrogen) atoms. The number of rotatable bonds is 6. The summed E-state index contributed by atoms with van der Waals surface area (Å²) in [6, 6.07) is 6.92. The van der Waals surface area contributed by atoms with Gasteiger partial charge in [0.2, 0.25) is 0 Å². The smallest absolute Gasteiger partial charge is 0.0788 e. The van der Waals surface area contributed by atoms with E-state index in [9.17, 15) is 0 Å². The first kappa shape index (κ1) is 15.2. The maximum Gasteiger partial charge on any atom is 0.0788 e. The Labute approximate surface area is 112 Å². The predicted octanol–water partition coefficient (Wildman–Crippen LogP) is 3.63. The monoisotopic (exact) mass is 249 g/mol. The first-order chi connectivity index (χ1) is 8.51. The van der Waals surface area contributed by atoms with Crippen molar-refractivity contribution in [3.63, 3.8) is 0 Å². The number of hydrogen-bond acceptors (Lipinski definition) is 2. The van der Waals surface area contributed by atoms with Gasteiger partial charge < -0.3 is 10.1 Å². The van der Waals surface area contributed by atoms with Crippen LogP contribution in [0.4, 0.5) is 0 Å². The molecule has 0 saturated heterocycles. The van der Waals surface area contributed by atoms with Crippen molar-refractivity contribution >= 4 is 0 Å². The van der Waals surface area contributed by atoms with Gasteiger partial charge in [0.25, 0.3) is 0 Å². The molecule has 1 aromatic carbocycles. The lowest BCUT2D eigenvalue weighted by atomic mass is 9.90. The fourth-order valence-electron chi connectivity index (χ4n) is 2.59. The maximum absolute atomic E-state index is 5.70. The van der Waals surface area contributed by atoms with Gasteiger partial charge in [-0.25, -0.2) is 0 Å². The van der Waals surface area contributed by atoms with E-state index in [1.807, 2.05) is 0 Å². The van der Waals surface area contributed by atoms with Crippen LogP contribution >= 0.6 is 0 Å². The molecular weight excluding hydrogens is 222 g/mol. The highest BCUT2D eigenvalue weighted by atomic mass is 16.5. The molecule has 1 rings (SSSR count). The van der Waals surface area contributed by atoms with Crippen LogP contribution in [-0.2, 0) is 4.74 Å². The molecule has 2 unspecified atom stereocenters. The molecule has 2 heteroatoms. The summed E-state index contributed by atoms with van der Waals surface area (Å²) in [5.41, 5.74) is 4.00. The zero-order chi connectivity index (χ0) is 13.7. The van der Waals surface area contributed by atoms with Crippen LogP contribution in [0.2, 0.25) is 0 Å². The van der Waals surface area contributed by atoms with Crippen molar-refractivity contribution in [3.8, 4) is 0 Å². The summed E-state index contributed by atoms with van der Waals surface area (Å²) in [6.45, 7) is 11.8. The average molecular weight is 249 g/mol. The summed E-state index contributed by atoms with van der Waals surface area (Å²) >= 11 is 0. The summed E-state index contributed by atoms with van der Waals surface area (Å²) in [4.78, 5) is 0. The number of nitrogens with one attached hydrogen (secondary N) is 1. The number of ether oxygens (including phenoxy) is 1. The highest BCUT2D eigenvalue weighted by molar-refractivity contribution is 5.33. The van der Waals surface area contributed by atoms with Gasteiger partial charge in [0.15, 0.2) is 0 Å². The molecule has 0 aromatic heterocycles. The second kappa shape index (κ2) is 6.91. The third-order valence-electron chi connectivity index (χ3n) is 3.44. The van der Waals surface area contributed by atoms with Crippen molar-refractivity contribution < 1.29 is 4.74 Å². The number of methoxy groups -OCH3 is 1. The van der Waals surface area contributed by atoms with Crippen LogP contribution in [0.25, 0.3) is 0 Å². The summed E-state index contributed by atoms with van der Waals surface area (Å²) in [7, 11) is 1.80. The van der Waals surface area contributed by atoms with Gasteiger partial charge in [-0.1, -0.05) is 44.5 Å². The van der Waals surface area contributed by atoms with E-state index in [2.05, 4.69) is 58.1 Å². The highest BCUT2D eigenvalue weighted by Crippen LogP contribution is 2.27. The molecule has 0 bridgehead atoms. The van der Waals surface area contributed by atoms with Gasteiger partial charge in [-0.05, 0) is 37.4 Å². The van der Waals surface area contributed by atoms with Gasteiger partial charge >= 0.3 is 0 Å². The van der Waals surface area contributed by atoms with E-state index in [0.717, 1.165) is 6.54 Å². The largest absolute Gasteiger partial charge is 0.379 e. The second-order valence-corrected chi connectivity index (χ2v) is 5.34. The molecule has 2 atom stereocenters. The summed E-state index contributed by atoms with van der Waals surface area (Å²) in [6.07, 6.45) is 0.200. The van der Waals surface area contributed by atoms with Gasteiger partial charge in [0, 0.05) is 7.11 Å². The van der Waals surface area contributed by atoms with Crippen LogP contribution in [0.3, 0.4) is 0 Å². The van der Waals surface area contributed by atoms with Crippen LogP contribution in [0.1, 0.15) is 43.5 Å².